The minimum atomic E-state index is -0.381. The molecule has 3 atom stereocenters. The van der Waals surface area contributed by atoms with Crippen LogP contribution in [0, 0.1) is 0 Å². The molecule has 1 aliphatic carbocycles. The van der Waals surface area contributed by atoms with E-state index in [2.05, 4.69) is 4.98 Å². The Morgan fingerprint density at radius 2 is 2.27 bits per heavy atom. The number of imidazole rings is 1. The van der Waals surface area contributed by atoms with E-state index in [-0.39, 0.29) is 30.3 Å². The molecule has 1 saturated heterocycles. The van der Waals surface area contributed by atoms with Gasteiger partial charge in [-0.05, 0) is 43.9 Å². The number of nitrogens with zero attached hydrogens (tertiary/aromatic N) is 3. The van der Waals surface area contributed by atoms with Gasteiger partial charge < -0.3 is 24.4 Å². The summed E-state index contributed by atoms with van der Waals surface area (Å²) in [6, 6.07) is 5.40. The lowest BCUT2D eigenvalue weighted by Crippen LogP contribution is -2.52. The highest BCUT2D eigenvalue weighted by Crippen LogP contribution is 2.43. The van der Waals surface area contributed by atoms with Crippen molar-refractivity contribution in [1.29, 1.82) is 0 Å². The largest absolute Gasteiger partial charge is 0.395 e. The number of carbonyl (C=O) groups excluding carboxylic acids is 1. The molecule has 2 heterocycles. The molecule has 2 unspecified atom stereocenters. The van der Waals surface area contributed by atoms with Crippen LogP contribution in [0.2, 0.25) is 0 Å². The van der Waals surface area contributed by atoms with E-state index in [1.807, 2.05) is 21.6 Å². The molecule has 1 aromatic heterocycles. The molecule has 7 heteroatoms. The fraction of sp³-hybridized carbons (Fsp3) is 0.579. The molecule has 140 valence electrons. The molecular formula is C19H25N3O4. The van der Waals surface area contributed by atoms with Gasteiger partial charge in [-0.3, -0.25) is 4.79 Å². The number of hydrogen-bond donors (Lipinski definition) is 2. The maximum absolute atomic E-state index is 13.2. The lowest BCUT2D eigenvalue weighted by molar-refractivity contribution is -0.0824. The van der Waals surface area contributed by atoms with Crippen molar-refractivity contribution in [3.05, 3.63) is 30.1 Å². The summed E-state index contributed by atoms with van der Waals surface area (Å²) in [7, 11) is 1.71. The highest BCUT2D eigenvalue weighted by Gasteiger charge is 2.52. The number of aliphatic hydroxyl groups is 2. The third kappa shape index (κ3) is 2.71. The van der Waals surface area contributed by atoms with Crippen LogP contribution in [-0.2, 0) is 11.3 Å². The Kier molecular flexibility index (Phi) is 4.46. The fourth-order valence-electron chi connectivity index (χ4n) is 4.57. The molecule has 1 saturated carbocycles. The topological polar surface area (TPSA) is 87.8 Å². The number of rotatable bonds is 4. The van der Waals surface area contributed by atoms with Crippen LogP contribution in [0.5, 0.6) is 0 Å². The third-order valence-corrected chi connectivity index (χ3v) is 6.03. The molecule has 1 amide bonds. The third-order valence-electron chi connectivity index (χ3n) is 6.03. The summed E-state index contributed by atoms with van der Waals surface area (Å²) in [6.45, 7) is 1.16. The van der Waals surface area contributed by atoms with Gasteiger partial charge in [-0.1, -0.05) is 0 Å². The van der Waals surface area contributed by atoms with Crippen LogP contribution in [0.25, 0.3) is 11.0 Å². The van der Waals surface area contributed by atoms with Gasteiger partial charge in [0.15, 0.2) is 0 Å². The zero-order valence-electron chi connectivity index (χ0n) is 15.0. The minimum Gasteiger partial charge on any atom is -0.395 e. The van der Waals surface area contributed by atoms with Crippen LogP contribution in [0.3, 0.4) is 0 Å². The molecule has 2 fully saturated rings. The van der Waals surface area contributed by atoms with Gasteiger partial charge in [0.25, 0.3) is 5.91 Å². The van der Waals surface area contributed by atoms with Gasteiger partial charge >= 0.3 is 0 Å². The fourth-order valence-corrected chi connectivity index (χ4v) is 4.57. The predicted molar refractivity (Wildman–Crippen MR) is 95.9 cm³/mol. The van der Waals surface area contributed by atoms with Crippen LogP contribution in [0.1, 0.15) is 36.0 Å². The Balaban J connectivity index is 1.62. The van der Waals surface area contributed by atoms with E-state index in [0.29, 0.717) is 25.1 Å². The van der Waals surface area contributed by atoms with Crippen LogP contribution in [-0.4, -0.2) is 68.6 Å². The van der Waals surface area contributed by atoms with E-state index in [9.17, 15) is 9.90 Å². The number of hydrogen-bond acceptors (Lipinski definition) is 5. The summed E-state index contributed by atoms with van der Waals surface area (Å²) in [5.74, 6) is -0.0402. The van der Waals surface area contributed by atoms with Crippen molar-refractivity contribution < 1.29 is 19.7 Å². The number of carbonyl (C=O) groups is 1. The van der Waals surface area contributed by atoms with Crippen molar-refractivity contribution >= 4 is 16.9 Å². The lowest BCUT2D eigenvalue weighted by Gasteiger charge is -2.42. The number of methoxy groups -OCH3 is 1. The first-order valence-electron chi connectivity index (χ1n) is 9.18. The molecule has 1 aliphatic heterocycles. The Hall–Kier alpha value is -1.96. The van der Waals surface area contributed by atoms with E-state index in [4.69, 9.17) is 9.84 Å². The summed E-state index contributed by atoms with van der Waals surface area (Å²) in [5, 5.41) is 19.2. The van der Waals surface area contributed by atoms with E-state index >= 15 is 0 Å². The Morgan fingerprint density at radius 3 is 3.04 bits per heavy atom. The number of fused-ring (bicyclic) bond motifs is 2. The Morgan fingerprint density at radius 1 is 1.42 bits per heavy atom. The average molecular weight is 359 g/mol. The molecule has 4 rings (SSSR count). The van der Waals surface area contributed by atoms with E-state index in [0.717, 1.165) is 30.3 Å². The first-order chi connectivity index (χ1) is 12.6. The monoisotopic (exact) mass is 359 g/mol. The highest BCUT2D eigenvalue weighted by atomic mass is 16.5. The quantitative estimate of drug-likeness (QED) is 0.856. The van der Waals surface area contributed by atoms with Gasteiger partial charge in [0, 0.05) is 25.8 Å². The van der Waals surface area contributed by atoms with E-state index in [1.165, 1.54) is 0 Å². The lowest BCUT2D eigenvalue weighted by atomic mass is 9.79. The first kappa shape index (κ1) is 17.5. The molecule has 26 heavy (non-hydrogen) atoms. The number of benzene rings is 1. The van der Waals surface area contributed by atoms with Gasteiger partial charge in [0.05, 0.1) is 41.7 Å². The predicted octanol–water partition coefficient (Wildman–Crippen LogP) is 1.17. The molecule has 0 radical (unpaired) electrons. The van der Waals surface area contributed by atoms with Gasteiger partial charge in [0.1, 0.15) is 0 Å². The summed E-state index contributed by atoms with van der Waals surface area (Å²) < 4.78 is 7.69. The average Bonchev–Trinajstić information content (AvgIpc) is 3.23. The van der Waals surface area contributed by atoms with Crippen LogP contribution in [0.4, 0.5) is 0 Å². The number of amides is 1. The SMILES string of the molecule is CO[C@@]12CCC(O)CC1N(C(=O)c1ccc3c(c1)ncn3CCO)CC2. The molecule has 1 aromatic carbocycles. The smallest absolute Gasteiger partial charge is 0.254 e. The molecule has 0 spiro atoms. The van der Waals surface area contributed by atoms with Gasteiger partial charge in [0.2, 0.25) is 0 Å². The van der Waals surface area contributed by atoms with Gasteiger partial charge in [-0.25, -0.2) is 4.98 Å². The maximum Gasteiger partial charge on any atom is 0.254 e. The standard InChI is InChI=1S/C19H25N3O4/c1-26-19-5-4-14(24)11-17(19)22(7-6-19)18(25)13-2-3-16-15(10-13)20-12-21(16)8-9-23/h2-3,10,12,14,17,23-24H,4-9,11H2,1H3/t14?,17?,19-/m1/s1. The second kappa shape index (κ2) is 6.64. The van der Waals surface area contributed by atoms with Crippen molar-refractivity contribution in [3.63, 3.8) is 0 Å². The zero-order chi connectivity index (χ0) is 18.3. The van der Waals surface area contributed by atoms with Crippen LogP contribution >= 0.6 is 0 Å². The normalized spacial score (nSPS) is 28.5. The summed E-state index contributed by atoms with van der Waals surface area (Å²) in [6.07, 6.45) is 4.17. The minimum absolute atomic E-state index is 0.0402. The molecule has 7 nitrogen and oxygen atoms in total. The first-order valence-corrected chi connectivity index (χ1v) is 9.18. The second-order valence-corrected chi connectivity index (χ2v) is 7.33. The summed E-state index contributed by atoms with van der Waals surface area (Å²) in [4.78, 5) is 19.4. The van der Waals surface area contributed by atoms with Crippen molar-refractivity contribution in [2.45, 2.75) is 50.0 Å². The maximum atomic E-state index is 13.2. The number of aromatic nitrogens is 2. The van der Waals surface area contributed by atoms with Gasteiger partial charge in [-0.15, -0.1) is 0 Å². The Bertz CT molecular complexity index is 820. The second-order valence-electron chi connectivity index (χ2n) is 7.33. The zero-order valence-corrected chi connectivity index (χ0v) is 15.0. The van der Waals surface area contributed by atoms with Crippen molar-refractivity contribution in [2.75, 3.05) is 20.3 Å². The molecule has 0 bridgehead atoms. The molecule has 2 N–H and O–H groups in total. The molecular weight excluding hydrogens is 334 g/mol. The molecule has 2 aliphatic rings. The number of ether oxygens (including phenoxy) is 1. The van der Waals surface area contributed by atoms with E-state index in [1.54, 1.807) is 19.5 Å². The summed E-state index contributed by atoms with van der Waals surface area (Å²) >= 11 is 0. The van der Waals surface area contributed by atoms with Crippen LogP contribution < -0.4 is 0 Å². The molecule has 2 aromatic rings. The Labute approximate surface area is 152 Å². The van der Waals surface area contributed by atoms with Crippen molar-refractivity contribution in [1.82, 2.24) is 14.5 Å². The van der Waals surface area contributed by atoms with E-state index < -0.39 is 0 Å². The van der Waals surface area contributed by atoms with Crippen molar-refractivity contribution in [2.24, 2.45) is 0 Å². The number of aliphatic hydroxyl groups excluding tert-OH is 2. The van der Waals surface area contributed by atoms with Gasteiger partial charge in [-0.2, -0.15) is 0 Å². The van der Waals surface area contributed by atoms with Crippen molar-refractivity contribution in [3.8, 4) is 0 Å². The highest BCUT2D eigenvalue weighted by molar-refractivity contribution is 5.97. The number of likely N-dealkylation sites (tertiary alicyclic amines) is 1. The van der Waals surface area contributed by atoms with Crippen LogP contribution in [0.15, 0.2) is 24.5 Å². The summed E-state index contributed by atoms with van der Waals surface area (Å²) in [5.41, 5.74) is 1.90.